The van der Waals surface area contributed by atoms with E-state index in [1.165, 1.54) is 4.90 Å². The van der Waals surface area contributed by atoms with Gasteiger partial charge in [0.15, 0.2) is 5.76 Å². The summed E-state index contributed by atoms with van der Waals surface area (Å²) in [5.74, 6) is 0.675. The van der Waals surface area contributed by atoms with Gasteiger partial charge in [-0.2, -0.15) is 5.10 Å². The summed E-state index contributed by atoms with van der Waals surface area (Å²) in [6.45, 7) is 2.84. The fourth-order valence-corrected chi connectivity index (χ4v) is 3.95. The maximum Gasteiger partial charge on any atom is 0.407 e. The van der Waals surface area contributed by atoms with Crippen LogP contribution in [0.4, 0.5) is 4.79 Å². The van der Waals surface area contributed by atoms with Gasteiger partial charge in [0.1, 0.15) is 5.75 Å². The minimum absolute atomic E-state index is 0.158. The van der Waals surface area contributed by atoms with E-state index in [1.54, 1.807) is 12.1 Å². The number of fused-ring (bicyclic) bond motifs is 2. The molecule has 30 heavy (non-hydrogen) atoms. The van der Waals surface area contributed by atoms with E-state index in [4.69, 9.17) is 9.84 Å². The van der Waals surface area contributed by atoms with Crippen molar-refractivity contribution >= 4 is 28.9 Å². The molecule has 2 N–H and O–H groups in total. The number of Topliss-reactive ketones (excluding diaryl/α,β-unsaturated/α-hetero) is 1. The summed E-state index contributed by atoms with van der Waals surface area (Å²) in [5, 5.41) is 17.3. The first kappa shape index (κ1) is 18.4. The maximum atomic E-state index is 12.9. The number of carbonyl (C=O) groups excluding carboxylic acids is 1. The van der Waals surface area contributed by atoms with Gasteiger partial charge >= 0.3 is 6.09 Å². The number of rotatable bonds is 3. The highest BCUT2D eigenvalue weighted by Crippen LogP contribution is 2.36. The molecule has 0 saturated carbocycles. The Bertz CT molecular complexity index is 1170. The van der Waals surface area contributed by atoms with Crippen molar-refractivity contribution in [2.24, 2.45) is 0 Å². The van der Waals surface area contributed by atoms with Gasteiger partial charge < -0.3 is 14.7 Å². The van der Waals surface area contributed by atoms with Gasteiger partial charge in [0.2, 0.25) is 5.78 Å². The number of aromatic nitrogens is 2. The second-order valence-corrected chi connectivity index (χ2v) is 7.43. The van der Waals surface area contributed by atoms with Crippen LogP contribution in [0, 0.1) is 0 Å². The quantitative estimate of drug-likeness (QED) is 0.651. The zero-order valence-electron chi connectivity index (χ0n) is 16.2. The lowest BCUT2D eigenvalue weighted by molar-refractivity contribution is 0.101. The van der Waals surface area contributed by atoms with Gasteiger partial charge in [0.05, 0.1) is 16.8 Å². The normalized spacial score (nSPS) is 18.1. The van der Waals surface area contributed by atoms with Crippen LogP contribution < -0.4 is 4.74 Å². The Labute approximate surface area is 172 Å². The topological polar surface area (TPSA) is 98.8 Å². The summed E-state index contributed by atoms with van der Waals surface area (Å²) >= 11 is 0. The number of nitrogens with zero attached hydrogens (tertiary/aromatic N) is 3. The van der Waals surface area contributed by atoms with E-state index in [9.17, 15) is 9.59 Å². The number of ketones is 1. The number of nitrogens with one attached hydrogen (secondary N) is 1. The third kappa shape index (κ3) is 3.21. The number of hydrogen-bond donors (Lipinski definition) is 2. The van der Waals surface area contributed by atoms with Gasteiger partial charge in [-0.1, -0.05) is 30.3 Å². The number of carboxylic acid groups (broad SMARTS) is 1. The molecule has 0 spiro atoms. The van der Waals surface area contributed by atoms with Crippen LogP contribution >= 0.6 is 0 Å². The fraction of sp³-hybridized carbons (Fsp3) is 0.227. The predicted molar refractivity (Wildman–Crippen MR) is 110 cm³/mol. The van der Waals surface area contributed by atoms with Crippen molar-refractivity contribution in [2.75, 3.05) is 26.2 Å². The van der Waals surface area contributed by atoms with E-state index < -0.39 is 6.09 Å². The van der Waals surface area contributed by atoms with Gasteiger partial charge in [-0.05, 0) is 12.1 Å². The maximum absolute atomic E-state index is 12.9. The molecule has 1 fully saturated rings. The molecule has 2 aliphatic heterocycles. The lowest BCUT2D eigenvalue weighted by atomic mass is 10.1. The lowest BCUT2D eigenvalue weighted by Gasteiger charge is -2.33. The van der Waals surface area contributed by atoms with Crippen molar-refractivity contribution in [1.82, 2.24) is 20.0 Å². The molecule has 1 aromatic heterocycles. The average Bonchev–Trinajstić information content (AvgIpc) is 3.31. The van der Waals surface area contributed by atoms with E-state index >= 15 is 0 Å². The Morgan fingerprint density at radius 2 is 1.93 bits per heavy atom. The summed E-state index contributed by atoms with van der Waals surface area (Å²) < 4.78 is 6.00. The zero-order valence-corrected chi connectivity index (χ0v) is 16.2. The van der Waals surface area contributed by atoms with Gasteiger partial charge in [-0.3, -0.25) is 14.8 Å². The molecule has 0 aliphatic carbocycles. The Morgan fingerprint density at radius 1 is 1.13 bits per heavy atom. The molecule has 0 atom stereocenters. The van der Waals surface area contributed by atoms with Crippen molar-refractivity contribution in [2.45, 2.75) is 6.54 Å². The molecule has 0 unspecified atom stereocenters. The van der Waals surface area contributed by atoms with Gasteiger partial charge in [-0.15, -0.1) is 0 Å². The van der Waals surface area contributed by atoms with Crippen molar-refractivity contribution in [3.63, 3.8) is 0 Å². The first-order chi connectivity index (χ1) is 14.6. The second kappa shape index (κ2) is 7.31. The molecular formula is C22H20N4O4. The molecule has 2 aliphatic rings. The summed E-state index contributed by atoms with van der Waals surface area (Å²) in [4.78, 5) is 27.6. The van der Waals surface area contributed by atoms with Crippen LogP contribution in [0.25, 0.3) is 17.0 Å². The number of aromatic amines is 1. The second-order valence-electron chi connectivity index (χ2n) is 7.43. The van der Waals surface area contributed by atoms with E-state index in [0.29, 0.717) is 49.7 Å². The molecule has 152 valence electrons. The third-order valence-electron chi connectivity index (χ3n) is 5.58. The Kier molecular flexibility index (Phi) is 4.48. The van der Waals surface area contributed by atoms with E-state index in [2.05, 4.69) is 15.1 Å². The molecule has 3 heterocycles. The van der Waals surface area contributed by atoms with Crippen LogP contribution in [0.3, 0.4) is 0 Å². The van der Waals surface area contributed by atoms with E-state index in [0.717, 1.165) is 16.5 Å². The molecule has 2 aromatic carbocycles. The molecule has 3 aromatic rings. The smallest absolute Gasteiger partial charge is 0.407 e. The number of ether oxygens (including phenoxy) is 1. The van der Waals surface area contributed by atoms with Gasteiger partial charge in [-0.25, -0.2) is 4.79 Å². The highest BCUT2D eigenvalue weighted by molar-refractivity contribution is 6.15. The van der Waals surface area contributed by atoms with Crippen LogP contribution in [0.5, 0.6) is 5.75 Å². The number of para-hydroxylation sites is 2. The number of allylic oxidation sites excluding steroid dienone is 1. The van der Waals surface area contributed by atoms with Crippen LogP contribution in [0.1, 0.15) is 21.6 Å². The first-order valence-corrected chi connectivity index (χ1v) is 9.79. The summed E-state index contributed by atoms with van der Waals surface area (Å²) in [6.07, 6.45) is 0.793. The van der Waals surface area contributed by atoms with Crippen molar-refractivity contribution in [3.8, 4) is 5.75 Å². The number of piperazine rings is 1. The average molecular weight is 404 g/mol. The zero-order chi connectivity index (χ0) is 20.7. The lowest BCUT2D eigenvalue weighted by Crippen LogP contribution is -2.47. The number of carbonyl (C=O) groups is 2. The number of amides is 1. The van der Waals surface area contributed by atoms with Crippen LogP contribution in [0.2, 0.25) is 0 Å². The summed E-state index contributed by atoms with van der Waals surface area (Å²) in [6, 6.07) is 13.3. The van der Waals surface area contributed by atoms with Crippen LogP contribution in [0.15, 0.2) is 48.2 Å². The number of H-pyrrole nitrogens is 1. The largest absolute Gasteiger partial charge is 0.465 e. The van der Waals surface area contributed by atoms with E-state index in [-0.39, 0.29) is 11.5 Å². The summed E-state index contributed by atoms with van der Waals surface area (Å²) in [5.41, 5.74) is 3.02. The predicted octanol–water partition coefficient (Wildman–Crippen LogP) is 2.97. The third-order valence-corrected chi connectivity index (χ3v) is 5.58. The standard InChI is InChI=1S/C22H20N4O4/c27-20-16-6-3-4-14(13-25-8-10-26(11-9-25)22(28)29)21(16)30-19(20)12-18-15-5-1-2-7-17(15)23-24-18/h1-7,12H,8-11,13H2,(H,23,24)(H,28,29)/b19-12-. The minimum Gasteiger partial charge on any atom is -0.465 e. The molecule has 8 heteroatoms. The Morgan fingerprint density at radius 3 is 2.73 bits per heavy atom. The molecule has 0 radical (unpaired) electrons. The first-order valence-electron chi connectivity index (χ1n) is 9.79. The molecular weight excluding hydrogens is 384 g/mol. The number of benzene rings is 2. The van der Waals surface area contributed by atoms with Crippen LogP contribution in [-0.4, -0.2) is 63.2 Å². The summed E-state index contributed by atoms with van der Waals surface area (Å²) in [7, 11) is 0. The van der Waals surface area contributed by atoms with Gasteiger partial charge in [0.25, 0.3) is 0 Å². The van der Waals surface area contributed by atoms with Crippen molar-refractivity contribution < 1.29 is 19.4 Å². The van der Waals surface area contributed by atoms with Crippen molar-refractivity contribution in [1.29, 1.82) is 0 Å². The Balaban J connectivity index is 1.38. The van der Waals surface area contributed by atoms with Crippen molar-refractivity contribution in [3.05, 3.63) is 65.0 Å². The molecule has 1 amide bonds. The van der Waals surface area contributed by atoms with Crippen LogP contribution in [-0.2, 0) is 6.54 Å². The molecule has 0 bridgehead atoms. The highest BCUT2D eigenvalue weighted by atomic mass is 16.5. The SMILES string of the molecule is O=C1/C(=C/c2n[nH]c3ccccc23)Oc2c(CN3CCN(C(=O)O)CC3)cccc21. The monoisotopic (exact) mass is 404 g/mol. The minimum atomic E-state index is -0.884. The Hall–Kier alpha value is -3.65. The van der Waals surface area contributed by atoms with E-state index in [1.807, 2.05) is 36.4 Å². The highest BCUT2D eigenvalue weighted by Gasteiger charge is 2.31. The molecule has 8 nitrogen and oxygen atoms in total. The number of hydrogen-bond acceptors (Lipinski definition) is 5. The van der Waals surface area contributed by atoms with Gasteiger partial charge in [0, 0.05) is 49.7 Å². The fourth-order valence-electron chi connectivity index (χ4n) is 3.95. The molecule has 1 saturated heterocycles. The molecule has 5 rings (SSSR count).